The number of hydrogen-bond acceptors (Lipinski definition) is 8. The Morgan fingerprint density at radius 1 is 1.16 bits per heavy atom. The largest absolute Gasteiger partial charge is 0.416 e. The lowest BCUT2D eigenvalue weighted by Gasteiger charge is -2.19. The van der Waals surface area contributed by atoms with Crippen LogP contribution in [0, 0.1) is 0 Å². The number of fused-ring (bicyclic) bond motifs is 1. The van der Waals surface area contributed by atoms with Crippen LogP contribution >= 0.6 is 0 Å². The maximum Gasteiger partial charge on any atom is 0.416 e. The van der Waals surface area contributed by atoms with Crippen molar-refractivity contribution in [2.45, 2.75) is 32.2 Å². The zero-order chi connectivity index (χ0) is 30.6. The lowest BCUT2D eigenvalue weighted by Crippen LogP contribution is -2.30. The number of nitrogens with zero attached hydrogens (tertiary/aromatic N) is 8. The van der Waals surface area contributed by atoms with E-state index in [0.717, 1.165) is 6.07 Å². The average Bonchev–Trinajstić information content (AvgIpc) is 3.74. The zero-order valence-electron chi connectivity index (χ0n) is 23.6. The van der Waals surface area contributed by atoms with Gasteiger partial charge in [0.1, 0.15) is 18.0 Å². The fourth-order valence-corrected chi connectivity index (χ4v) is 5.61. The summed E-state index contributed by atoms with van der Waals surface area (Å²) in [7, 11) is 3.53. The molecular weight excluding hydrogens is 567 g/mol. The predicted octanol–water partition coefficient (Wildman–Crippen LogP) is 3.10. The Morgan fingerprint density at radius 2 is 1.95 bits per heavy atom. The third-order valence-electron chi connectivity index (χ3n) is 7.66. The van der Waals surface area contributed by atoms with Crippen molar-refractivity contribution in [1.29, 1.82) is 0 Å². The molecule has 15 heteroatoms. The summed E-state index contributed by atoms with van der Waals surface area (Å²) >= 11 is 0. The number of aromatic nitrogens is 6. The van der Waals surface area contributed by atoms with Gasteiger partial charge in [-0.1, -0.05) is 0 Å². The number of aryl methyl sites for hydroxylation is 2. The third kappa shape index (κ3) is 4.98. The maximum absolute atomic E-state index is 14.3. The van der Waals surface area contributed by atoms with E-state index in [1.165, 1.54) is 15.9 Å². The van der Waals surface area contributed by atoms with Gasteiger partial charge in [-0.2, -0.15) is 18.3 Å². The molecule has 4 aromatic rings. The van der Waals surface area contributed by atoms with E-state index in [2.05, 4.69) is 25.6 Å². The number of carbonyl (C=O) groups excluding carboxylic acids is 2. The van der Waals surface area contributed by atoms with Crippen LogP contribution in [0.2, 0.25) is 0 Å². The average molecular weight is 596 g/mol. The first-order valence-corrected chi connectivity index (χ1v) is 13.6. The molecule has 6 rings (SSSR count). The van der Waals surface area contributed by atoms with Crippen molar-refractivity contribution < 1.29 is 27.9 Å². The van der Waals surface area contributed by atoms with Gasteiger partial charge in [0.25, 0.3) is 11.8 Å². The second kappa shape index (κ2) is 10.5. The summed E-state index contributed by atoms with van der Waals surface area (Å²) in [5.41, 5.74) is 0.148. The molecule has 0 radical (unpaired) electrons. The lowest BCUT2D eigenvalue weighted by atomic mass is 9.98. The molecule has 1 fully saturated rings. The zero-order valence-corrected chi connectivity index (χ0v) is 23.6. The third-order valence-corrected chi connectivity index (χ3v) is 7.66. The number of amides is 2. The first kappa shape index (κ1) is 28.3. The summed E-state index contributed by atoms with van der Waals surface area (Å²) in [4.78, 5) is 33.9. The minimum atomic E-state index is -4.81. The molecular formula is C28H28F3N9O3. The normalized spacial score (nSPS) is 16.7. The Labute approximate surface area is 243 Å². The van der Waals surface area contributed by atoms with Crippen LogP contribution in [0.4, 0.5) is 24.8 Å². The van der Waals surface area contributed by atoms with Gasteiger partial charge in [-0.15, -0.1) is 10.2 Å². The smallest absolute Gasteiger partial charge is 0.391 e. The van der Waals surface area contributed by atoms with Crippen molar-refractivity contribution in [2.75, 3.05) is 29.9 Å². The summed E-state index contributed by atoms with van der Waals surface area (Å²) < 4.78 is 46.3. The van der Waals surface area contributed by atoms with Gasteiger partial charge < -0.3 is 19.9 Å². The second-order valence-corrected chi connectivity index (χ2v) is 10.6. The van der Waals surface area contributed by atoms with Crippen LogP contribution in [-0.4, -0.2) is 77.1 Å². The van der Waals surface area contributed by atoms with Gasteiger partial charge in [0.15, 0.2) is 5.82 Å². The fraction of sp³-hybridized carbons (Fsp3) is 0.357. The number of carbonyl (C=O) groups is 2. The number of hydrogen-bond donors (Lipinski definition) is 2. The van der Waals surface area contributed by atoms with Gasteiger partial charge in [-0.05, 0) is 43.2 Å². The van der Waals surface area contributed by atoms with Crippen LogP contribution in [0.15, 0.2) is 36.8 Å². The lowest BCUT2D eigenvalue weighted by molar-refractivity contribution is -0.138. The molecule has 0 unspecified atom stereocenters. The quantitative estimate of drug-likeness (QED) is 0.348. The minimum absolute atomic E-state index is 0.0194. The second-order valence-electron chi connectivity index (χ2n) is 10.6. The number of likely N-dealkylation sites (tertiary alicyclic amines) is 1. The van der Waals surface area contributed by atoms with Crippen molar-refractivity contribution in [3.05, 3.63) is 59.0 Å². The molecule has 0 saturated carbocycles. The number of benzene rings is 1. The van der Waals surface area contributed by atoms with Crippen LogP contribution in [0.5, 0.6) is 0 Å². The number of β-amino-alcohol motifs (C(OH)–C–C–N with tert-alkyl or cyclic N) is 1. The number of nitrogens with one attached hydrogen (secondary N) is 1. The number of alkyl halides is 3. The SMILES string of the molecule is CCNc1cc(-c2c(-c3nncn3C)cnn2C)cc(N2Cc3c(cc(C(=O)N4CC[C@H](O)C4)cc3C(F)(F)F)C2=O)n1. The van der Waals surface area contributed by atoms with Gasteiger partial charge in [0.2, 0.25) is 0 Å². The van der Waals surface area contributed by atoms with E-state index in [1.807, 2.05) is 6.92 Å². The van der Waals surface area contributed by atoms with Gasteiger partial charge in [-0.3, -0.25) is 19.2 Å². The van der Waals surface area contributed by atoms with E-state index >= 15 is 0 Å². The van der Waals surface area contributed by atoms with Gasteiger partial charge in [0.05, 0.1) is 35.7 Å². The summed E-state index contributed by atoms with van der Waals surface area (Å²) in [6.07, 6.45) is -2.03. The fourth-order valence-electron chi connectivity index (χ4n) is 5.61. The number of anilines is 2. The van der Waals surface area contributed by atoms with Crippen molar-refractivity contribution in [3.63, 3.8) is 0 Å². The molecule has 2 aliphatic heterocycles. The Morgan fingerprint density at radius 3 is 2.60 bits per heavy atom. The molecule has 1 atom stereocenters. The van der Waals surface area contributed by atoms with Gasteiger partial charge in [0, 0.05) is 50.4 Å². The summed E-state index contributed by atoms with van der Waals surface area (Å²) in [6.45, 7) is 2.22. The van der Waals surface area contributed by atoms with Gasteiger partial charge in [-0.25, -0.2) is 4.98 Å². The monoisotopic (exact) mass is 595 g/mol. The summed E-state index contributed by atoms with van der Waals surface area (Å²) in [5.74, 6) is -0.291. The molecule has 1 aromatic carbocycles. The number of rotatable bonds is 6. The first-order chi connectivity index (χ1) is 20.5. The number of pyridine rings is 1. The molecule has 3 aromatic heterocycles. The van der Waals surface area contributed by atoms with Crippen LogP contribution < -0.4 is 10.2 Å². The van der Waals surface area contributed by atoms with Crippen LogP contribution in [0.1, 0.15) is 45.2 Å². The Hall–Kier alpha value is -4.79. The highest BCUT2D eigenvalue weighted by atomic mass is 19.4. The molecule has 2 N–H and O–H groups in total. The first-order valence-electron chi connectivity index (χ1n) is 13.6. The molecule has 43 heavy (non-hydrogen) atoms. The van der Waals surface area contributed by atoms with E-state index < -0.39 is 29.7 Å². The minimum Gasteiger partial charge on any atom is -0.391 e. The molecule has 2 aliphatic rings. The van der Waals surface area contributed by atoms with Crippen LogP contribution in [0.3, 0.4) is 0 Å². The van der Waals surface area contributed by atoms with Crippen LogP contribution in [0.25, 0.3) is 22.6 Å². The number of aliphatic hydroxyl groups excluding tert-OH is 1. The van der Waals surface area contributed by atoms with Crippen molar-refractivity contribution in [2.24, 2.45) is 14.1 Å². The highest BCUT2D eigenvalue weighted by Gasteiger charge is 2.42. The standard InChI is InChI=1S/C28H28F3N9O3/c1-4-32-22-9-15(24-19(11-34-38(24)3)25-36-33-14-37(25)2)10-23(35-22)40-13-20-18(27(40)43)7-16(8-21(20)28(29,30)31)26(42)39-6-5-17(41)12-39/h7-11,14,17,41H,4-6,12-13H2,1-3H3,(H,32,35)/t17-/m0/s1. The van der Waals surface area contributed by atoms with Crippen molar-refractivity contribution in [1.82, 2.24) is 34.4 Å². The number of halogens is 3. The van der Waals surface area contributed by atoms with E-state index in [1.54, 1.807) is 48.0 Å². The highest BCUT2D eigenvalue weighted by Crippen LogP contribution is 2.41. The van der Waals surface area contributed by atoms with E-state index in [-0.39, 0.29) is 42.1 Å². The Kier molecular flexibility index (Phi) is 6.91. The molecule has 0 spiro atoms. The van der Waals surface area contributed by atoms with E-state index in [9.17, 15) is 27.9 Å². The molecule has 12 nitrogen and oxygen atoms in total. The molecule has 5 heterocycles. The Balaban J connectivity index is 1.44. The topological polar surface area (TPSA) is 134 Å². The highest BCUT2D eigenvalue weighted by molar-refractivity contribution is 6.11. The molecule has 1 saturated heterocycles. The maximum atomic E-state index is 14.3. The van der Waals surface area contributed by atoms with Crippen LogP contribution in [-0.2, 0) is 26.8 Å². The van der Waals surface area contributed by atoms with Crippen molar-refractivity contribution >= 4 is 23.5 Å². The molecule has 0 bridgehead atoms. The number of aliphatic hydroxyl groups is 1. The molecule has 224 valence electrons. The van der Waals surface area contributed by atoms with E-state index in [0.29, 0.717) is 41.4 Å². The van der Waals surface area contributed by atoms with E-state index in [4.69, 9.17) is 0 Å². The van der Waals surface area contributed by atoms with Gasteiger partial charge >= 0.3 is 6.18 Å². The molecule has 2 amide bonds. The summed E-state index contributed by atoms with van der Waals surface area (Å²) in [6, 6.07) is 5.38. The van der Waals surface area contributed by atoms with Crippen molar-refractivity contribution in [3.8, 4) is 22.6 Å². The summed E-state index contributed by atoms with van der Waals surface area (Å²) in [5, 5.41) is 25.5. The predicted molar refractivity (Wildman–Crippen MR) is 149 cm³/mol. The Bertz CT molecular complexity index is 1750. The molecule has 0 aliphatic carbocycles.